The first-order valence-corrected chi connectivity index (χ1v) is 8.96. The van der Waals surface area contributed by atoms with E-state index < -0.39 is 10.0 Å². The van der Waals surface area contributed by atoms with Crippen LogP contribution in [0.5, 0.6) is 0 Å². The molecule has 5 nitrogen and oxygen atoms in total. The van der Waals surface area contributed by atoms with Crippen LogP contribution >= 0.6 is 15.9 Å². The number of furan rings is 1. The van der Waals surface area contributed by atoms with Gasteiger partial charge in [0.2, 0.25) is 10.0 Å². The second-order valence-corrected chi connectivity index (χ2v) is 7.77. The molecular weight excluding hydrogens is 344 g/mol. The maximum Gasteiger partial charge on any atom is 0.247 e. The van der Waals surface area contributed by atoms with Crippen molar-refractivity contribution < 1.29 is 12.8 Å². The van der Waals surface area contributed by atoms with Crippen molar-refractivity contribution in [3.63, 3.8) is 0 Å². The van der Waals surface area contributed by atoms with E-state index in [1.54, 1.807) is 6.07 Å². The van der Waals surface area contributed by atoms with Crippen molar-refractivity contribution >= 4 is 26.0 Å². The summed E-state index contributed by atoms with van der Waals surface area (Å²) in [6.45, 7) is 10.5. The Morgan fingerprint density at radius 1 is 1.35 bits per heavy atom. The van der Waals surface area contributed by atoms with Crippen LogP contribution in [0.15, 0.2) is 20.0 Å². The number of nitrogens with zero attached hydrogens (tertiary/aromatic N) is 1. The van der Waals surface area contributed by atoms with Gasteiger partial charge in [-0.25, -0.2) is 8.42 Å². The zero-order chi connectivity index (χ0) is 15.5. The fourth-order valence-electron chi connectivity index (χ4n) is 1.90. The van der Waals surface area contributed by atoms with E-state index in [9.17, 15) is 8.42 Å². The minimum Gasteiger partial charge on any atom is -0.452 e. The Kier molecular flexibility index (Phi) is 6.25. The summed E-state index contributed by atoms with van der Waals surface area (Å²) in [6, 6.07) is 1.80. The quantitative estimate of drug-likeness (QED) is 0.805. The maximum absolute atomic E-state index is 12.6. The van der Waals surface area contributed by atoms with Crippen molar-refractivity contribution in [2.75, 3.05) is 6.54 Å². The summed E-state index contributed by atoms with van der Waals surface area (Å²) in [5.74, 6) is 0.601. The second kappa shape index (κ2) is 7.06. The molecule has 0 atom stereocenters. The molecule has 0 saturated carbocycles. The minimum atomic E-state index is -3.53. The Bertz CT molecular complexity index is 538. The summed E-state index contributed by atoms with van der Waals surface area (Å²) in [5, 5.41) is 3.20. The van der Waals surface area contributed by atoms with Gasteiger partial charge in [0, 0.05) is 24.7 Å². The fourth-order valence-corrected chi connectivity index (χ4v) is 4.51. The smallest absolute Gasteiger partial charge is 0.247 e. The lowest BCUT2D eigenvalue weighted by Crippen LogP contribution is -2.36. The zero-order valence-corrected chi connectivity index (χ0v) is 15.0. The van der Waals surface area contributed by atoms with E-state index in [0.29, 0.717) is 24.9 Å². The van der Waals surface area contributed by atoms with Crippen LogP contribution in [0.2, 0.25) is 0 Å². The molecule has 1 aromatic heterocycles. The highest BCUT2D eigenvalue weighted by molar-refractivity contribution is 9.10. The van der Waals surface area contributed by atoms with Gasteiger partial charge in [-0.05, 0) is 29.8 Å². The molecular formula is C13H23BrN2O3S. The van der Waals surface area contributed by atoms with Crippen molar-refractivity contribution in [2.24, 2.45) is 0 Å². The van der Waals surface area contributed by atoms with Gasteiger partial charge in [0.25, 0.3) is 0 Å². The van der Waals surface area contributed by atoms with Crippen LogP contribution in [-0.4, -0.2) is 31.4 Å². The monoisotopic (exact) mass is 366 g/mol. The topological polar surface area (TPSA) is 62.6 Å². The molecule has 0 radical (unpaired) electrons. The summed E-state index contributed by atoms with van der Waals surface area (Å²) in [4.78, 5) is 0.189. The van der Waals surface area contributed by atoms with Gasteiger partial charge >= 0.3 is 0 Å². The highest BCUT2D eigenvalue weighted by atomic mass is 79.9. The normalized spacial score (nSPS) is 12.8. The Balaban J connectivity index is 3.07. The first-order valence-electron chi connectivity index (χ1n) is 6.73. The van der Waals surface area contributed by atoms with Crippen LogP contribution in [0, 0.1) is 0 Å². The van der Waals surface area contributed by atoms with Crippen LogP contribution in [0.4, 0.5) is 0 Å². The van der Waals surface area contributed by atoms with Crippen LogP contribution in [0.3, 0.4) is 0 Å². The molecule has 0 aromatic carbocycles. The third-order valence-corrected chi connectivity index (χ3v) is 5.87. The third-order valence-electron chi connectivity index (χ3n) is 2.87. The highest BCUT2D eigenvalue weighted by Gasteiger charge is 2.30. The van der Waals surface area contributed by atoms with Crippen molar-refractivity contribution in [1.82, 2.24) is 9.62 Å². The number of hydrogen-bond acceptors (Lipinski definition) is 4. The van der Waals surface area contributed by atoms with Gasteiger partial charge in [0.05, 0.1) is 6.54 Å². The SMILES string of the molecule is CCN(C(C)C)S(=O)(=O)c1cc(CNC(C)C)oc1Br. The van der Waals surface area contributed by atoms with Crippen molar-refractivity contribution in [1.29, 1.82) is 0 Å². The number of hydrogen-bond donors (Lipinski definition) is 1. The molecule has 20 heavy (non-hydrogen) atoms. The Hall–Kier alpha value is -0.370. The fraction of sp³-hybridized carbons (Fsp3) is 0.692. The van der Waals surface area contributed by atoms with Gasteiger partial charge in [-0.15, -0.1) is 0 Å². The average Bonchev–Trinajstić information content (AvgIpc) is 2.68. The molecule has 0 aliphatic rings. The summed E-state index contributed by atoms with van der Waals surface area (Å²) < 4.78 is 32.4. The molecule has 0 aliphatic carbocycles. The van der Waals surface area contributed by atoms with Gasteiger partial charge in [0.15, 0.2) is 4.67 Å². The molecule has 7 heteroatoms. The molecule has 0 unspecified atom stereocenters. The van der Waals surface area contributed by atoms with Gasteiger partial charge in [-0.2, -0.15) is 4.31 Å². The molecule has 116 valence electrons. The first-order chi connectivity index (χ1) is 9.20. The van der Waals surface area contributed by atoms with E-state index >= 15 is 0 Å². The Morgan fingerprint density at radius 3 is 2.40 bits per heavy atom. The molecule has 1 aromatic rings. The number of sulfonamides is 1. The molecule has 1 N–H and O–H groups in total. The molecule has 0 saturated heterocycles. The van der Waals surface area contributed by atoms with Crippen LogP contribution in [-0.2, 0) is 16.6 Å². The Labute approximate surface area is 129 Å². The minimum absolute atomic E-state index is 0.0935. The van der Waals surface area contributed by atoms with Gasteiger partial charge in [0.1, 0.15) is 10.7 Å². The van der Waals surface area contributed by atoms with Crippen molar-refractivity contribution in [3.8, 4) is 0 Å². The van der Waals surface area contributed by atoms with E-state index in [0.717, 1.165) is 0 Å². The second-order valence-electron chi connectivity index (χ2n) is 5.19. The largest absolute Gasteiger partial charge is 0.452 e. The van der Waals surface area contributed by atoms with E-state index in [-0.39, 0.29) is 15.6 Å². The third kappa shape index (κ3) is 4.07. The van der Waals surface area contributed by atoms with Crippen molar-refractivity contribution in [2.45, 2.75) is 58.1 Å². The van der Waals surface area contributed by atoms with Crippen LogP contribution in [0.1, 0.15) is 40.4 Å². The Morgan fingerprint density at radius 2 is 1.95 bits per heavy atom. The zero-order valence-electron chi connectivity index (χ0n) is 12.6. The average molecular weight is 367 g/mol. The van der Waals surface area contributed by atoms with E-state index in [2.05, 4.69) is 21.2 Å². The lowest BCUT2D eigenvalue weighted by atomic mass is 10.3. The molecule has 0 bridgehead atoms. The number of rotatable bonds is 7. The van der Waals surface area contributed by atoms with Crippen molar-refractivity contribution in [3.05, 3.63) is 16.5 Å². The van der Waals surface area contributed by atoms with Gasteiger partial charge < -0.3 is 9.73 Å². The summed E-state index contributed by atoms with van der Waals surface area (Å²) in [6.07, 6.45) is 0. The molecule has 0 amide bonds. The summed E-state index contributed by atoms with van der Waals surface area (Å²) >= 11 is 3.21. The summed E-state index contributed by atoms with van der Waals surface area (Å²) in [7, 11) is -3.53. The molecule has 1 heterocycles. The lowest BCUT2D eigenvalue weighted by molar-refractivity contribution is 0.368. The lowest BCUT2D eigenvalue weighted by Gasteiger charge is -2.23. The van der Waals surface area contributed by atoms with E-state index in [4.69, 9.17) is 4.42 Å². The highest BCUT2D eigenvalue weighted by Crippen LogP contribution is 2.29. The van der Waals surface area contributed by atoms with Crippen LogP contribution in [0.25, 0.3) is 0 Å². The number of nitrogens with one attached hydrogen (secondary N) is 1. The standard InChI is InChI=1S/C13H23BrN2O3S/c1-6-16(10(4)5)20(17,18)12-7-11(19-13(12)14)8-15-9(2)3/h7,9-10,15H,6,8H2,1-5H3. The van der Waals surface area contributed by atoms with E-state index in [1.165, 1.54) is 4.31 Å². The predicted octanol–water partition coefficient (Wildman–Crippen LogP) is 2.96. The molecule has 0 spiro atoms. The molecule has 1 rings (SSSR count). The van der Waals surface area contributed by atoms with Crippen LogP contribution < -0.4 is 5.32 Å². The van der Waals surface area contributed by atoms with Gasteiger partial charge in [-0.3, -0.25) is 0 Å². The first kappa shape index (κ1) is 17.7. The van der Waals surface area contributed by atoms with Gasteiger partial charge in [-0.1, -0.05) is 20.8 Å². The molecule has 0 aliphatic heterocycles. The molecule has 0 fully saturated rings. The predicted molar refractivity (Wildman–Crippen MR) is 83.1 cm³/mol. The van der Waals surface area contributed by atoms with E-state index in [1.807, 2.05) is 34.6 Å². The number of halogens is 1. The maximum atomic E-state index is 12.6. The summed E-state index contributed by atoms with van der Waals surface area (Å²) in [5.41, 5.74) is 0.